The van der Waals surface area contributed by atoms with Gasteiger partial charge < -0.3 is 10.2 Å². The molecule has 4 aromatic rings. The zero-order valence-corrected chi connectivity index (χ0v) is 18.0. The summed E-state index contributed by atoms with van der Waals surface area (Å²) < 4.78 is 82.4. The first-order chi connectivity index (χ1) is 16.7. The molecule has 182 valence electrons. The zero-order chi connectivity index (χ0) is 24.7. The Bertz CT molecular complexity index is 1370. The molecule has 0 amide bonds. The van der Waals surface area contributed by atoms with Gasteiger partial charge in [-0.3, -0.25) is 4.98 Å². The van der Waals surface area contributed by atoms with E-state index in [4.69, 9.17) is 0 Å². The molecule has 1 saturated heterocycles. The Morgan fingerprint density at radius 2 is 1.83 bits per heavy atom. The van der Waals surface area contributed by atoms with Crippen molar-refractivity contribution in [2.75, 3.05) is 23.3 Å². The molecule has 3 aromatic heterocycles. The van der Waals surface area contributed by atoms with E-state index in [-0.39, 0.29) is 24.6 Å². The third kappa shape index (κ3) is 4.60. The fourth-order valence-corrected chi connectivity index (χ4v) is 4.08. The lowest BCUT2D eigenvalue weighted by atomic mass is 10.0. The van der Waals surface area contributed by atoms with E-state index in [1.54, 1.807) is 18.2 Å². The number of piperidine rings is 1. The highest BCUT2D eigenvalue weighted by Gasteiger charge is 2.34. The number of aromatic nitrogens is 4. The molecule has 6 nitrogen and oxygen atoms in total. The molecule has 2 unspecified atom stereocenters. The van der Waals surface area contributed by atoms with Crippen LogP contribution in [-0.2, 0) is 6.18 Å². The summed E-state index contributed by atoms with van der Waals surface area (Å²) in [6.07, 6.45) is -4.65. The van der Waals surface area contributed by atoms with Crippen LogP contribution >= 0.6 is 0 Å². The predicted molar refractivity (Wildman–Crippen MR) is 117 cm³/mol. The van der Waals surface area contributed by atoms with E-state index in [1.165, 1.54) is 21.5 Å². The van der Waals surface area contributed by atoms with Crippen molar-refractivity contribution in [1.29, 1.82) is 0 Å². The Labute approximate surface area is 195 Å². The van der Waals surface area contributed by atoms with Crippen LogP contribution < -0.4 is 10.2 Å². The number of nitrogens with zero attached hydrogens (tertiary/aromatic N) is 5. The molecule has 1 N–H and O–H groups in total. The van der Waals surface area contributed by atoms with E-state index < -0.39 is 35.7 Å². The lowest BCUT2D eigenvalue weighted by Crippen LogP contribution is -2.48. The van der Waals surface area contributed by atoms with E-state index in [2.05, 4.69) is 20.4 Å². The van der Waals surface area contributed by atoms with Crippen LogP contribution in [0.5, 0.6) is 0 Å². The van der Waals surface area contributed by atoms with Gasteiger partial charge in [-0.25, -0.2) is 17.7 Å². The van der Waals surface area contributed by atoms with Gasteiger partial charge in [-0.2, -0.15) is 18.2 Å². The standard InChI is InChI=1S/C23H18F6N6/c24-15-5-4-13(10-16(15)25)19-2-1-3-21-32-22(33-35(19)21)31-18-7-9-34(12-17(18)26)14-6-8-30-20(11-14)23(27,28)29/h1-6,8,10-11,17-18H,7,9,12H2,(H,31,33). The summed E-state index contributed by atoms with van der Waals surface area (Å²) in [7, 11) is 0. The van der Waals surface area contributed by atoms with Crippen LogP contribution in [-0.4, -0.2) is 44.9 Å². The van der Waals surface area contributed by atoms with E-state index in [0.717, 1.165) is 24.4 Å². The summed E-state index contributed by atoms with van der Waals surface area (Å²) in [4.78, 5) is 9.22. The van der Waals surface area contributed by atoms with Crippen molar-refractivity contribution in [2.45, 2.75) is 24.8 Å². The average molecular weight is 492 g/mol. The Balaban J connectivity index is 1.33. The molecular formula is C23H18F6N6. The summed E-state index contributed by atoms with van der Waals surface area (Å²) in [5.74, 6) is -1.82. The summed E-state index contributed by atoms with van der Waals surface area (Å²) in [5, 5.41) is 7.31. The van der Waals surface area contributed by atoms with Gasteiger partial charge in [-0.1, -0.05) is 6.07 Å². The van der Waals surface area contributed by atoms with Gasteiger partial charge in [0.05, 0.1) is 18.3 Å². The largest absolute Gasteiger partial charge is 0.433 e. The van der Waals surface area contributed by atoms with Crippen molar-refractivity contribution in [3.8, 4) is 11.3 Å². The van der Waals surface area contributed by atoms with Crippen molar-refractivity contribution >= 4 is 17.3 Å². The van der Waals surface area contributed by atoms with Crippen molar-refractivity contribution in [3.05, 3.63) is 72.1 Å². The highest BCUT2D eigenvalue weighted by molar-refractivity contribution is 5.64. The zero-order valence-electron chi connectivity index (χ0n) is 18.0. The maximum atomic E-state index is 15.0. The molecule has 2 atom stereocenters. The van der Waals surface area contributed by atoms with Crippen molar-refractivity contribution in [2.24, 2.45) is 0 Å². The minimum absolute atomic E-state index is 0.119. The summed E-state index contributed by atoms with van der Waals surface area (Å²) >= 11 is 0. The number of hydrogen-bond acceptors (Lipinski definition) is 5. The molecular weight excluding hydrogens is 474 g/mol. The molecule has 1 fully saturated rings. The van der Waals surface area contributed by atoms with Gasteiger partial charge in [0.15, 0.2) is 17.3 Å². The summed E-state index contributed by atoms with van der Waals surface area (Å²) in [6, 6.07) is 10.2. The average Bonchev–Trinajstić information content (AvgIpc) is 3.24. The van der Waals surface area contributed by atoms with Gasteiger partial charge in [-0.15, -0.1) is 5.10 Å². The second-order valence-corrected chi connectivity index (χ2v) is 8.14. The monoisotopic (exact) mass is 492 g/mol. The van der Waals surface area contributed by atoms with Crippen molar-refractivity contribution in [3.63, 3.8) is 0 Å². The Hall–Kier alpha value is -3.83. The quantitative estimate of drug-likeness (QED) is 0.401. The summed E-state index contributed by atoms with van der Waals surface area (Å²) in [5.41, 5.74) is 0.482. The second kappa shape index (κ2) is 8.75. The minimum atomic E-state index is -4.58. The lowest BCUT2D eigenvalue weighted by Gasteiger charge is -2.36. The number of rotatable bonds is 4. The maximum Gasteiger partial charge on any atom is 0.433 e. The van der Waals surface area contributed by atoms with Crippen LogP contribution in [0.4, 0.5) is 38.0 Å². The normalized spacial score (nSPS) is 18.7. The number of halogens is 6. The number of pyridine rings is 2. The number of alkyl halides is 4. The van der Waals surface area contributed by atoms with Crippen LogP contribution in [0.1, 0.15) is 12.1 Å². The van der Waals surface area contributed by atoms with Crippen LogP contribution in [0.2, 0.25) is 0 Å². The van der Waals surface area contributed by atoms with E-state index in [1.807, 2.05) is 0 Å². The molecule has 0 bridgehead atoms. The fourth-order valence-electron chi connectivity index (χ4n) is 4.08. The van der Waals surface area contributed by atoms with Crippen LogP contribution in [0.25, 0.3) is 16.9 Å². The Morgan fingerprint density at radius 1 is 1.00 bits per heavy atom. The van der Waals surface area contributed by atoms with Crippen LogP contribution in [0.15, 0.2) is 54.7 Å². The van der Waals surface area contributed by atoms with E-state index >= 15 is 4.39 Å². The molecule has 35 heavy (non-hydrogen) atoms. The third-order valence-electron chi connectivity index (χ3n) is 5.83. The lowest BCUT2D eigenvalue weighted by molar-refractivity contribution is -0.141. The van der Waals surface area contributed by atoms with Gasteiger partial charge in [0.25, 0.3) is 0 Å². The molecule has 5 rings (SSSR count). The smallest absolute Gasteiger partial charge is 0.368 e. The number of nitrogens with one attached hydrogen (secondary N) is 1. The Kier molecular flexibility index (Phi) is 5.73. The molecule has 0 spiro atoms. The Morgan fingerprint density at radius 3 is 2.57 bits per heavy atom. The molecule has 1 aliphatic rings. The first-order valence-corrected chi connectivity index (χ1v) is 10.7. The first-order valence-electron chi connectivity index (χ1n) is 10.7. The van der Waals surface area contributed by atoms with Gasteiger partial charge >= 0.3 is 6.18 Å². The SMILES string of the molecule is Fc1ccc(-c2cccc3nc(NC4CCN(c5ccnc(C(F)(F)F)c5)CC4F)nn23)cc1F. The minimum Gasteiger partial charge on any atom is -0.368 e. The number of benzene rings is 1. The molecule has 12 heteroatoms. The van der Waals surface area contributed by atoms with Gasteiger partial charge in [0.2, 0.25) is 5.95 Å². The maximum absolute atomic E-state index is 15.0. The molecule has 0 radical (unpaired) electrons. The summed E-state index contributed by atoms with van der Waals surface area (Å²) in [6.45, 7) is 0.194. The van der Waals surface area contributed by atoms with E-state index in [9.17, 15) is 22.0 Å². The van der Waals surface area contributed by atoms with Crippen LogP contribution in [0.3, 0.4) is 0 Å². The molecule has 4 heterocycles. The molecule has 1 aromatic carbocycles. The van der Waals surface area contributed by atoms with Crippen molar-refractivity contribution in [1.82, 2.24) is 19.6 Å². The molecule has 0 saturated carbocycles. The van der Waals surface area contributed by atoms with E-state index in [0.29, 0.717) is 23.4 Å². The number of hydrogen-bond donors (Lipinski definition) is 1. The van der Waals surface area contributed by atoms with Gasteiger partial charge in [0, 0.05) is 24.0 Å². The number of fused-ring (bicyclic) bond motifs is 1. The fraction of sp³-hybridized carbons (Fsp3) is 0.261. The topological polar surface area (TPSA) is 58.4 Å². The highest BCUT2D eigenvalue weighted by atomic mass is 19.4. The first kappa shape index (κ1) is 22.9. The predicted octanol–water partition coefficient (Wildman–Crippen LogP) is 5.12. The van der Waals surface area contributed by atoms with Crippen molar-refractivity contribution < 1.29 is 26.3 Å². The third-order valence-corrected chi connectivity index (χ3v) is 5.83. The highest BCUT2D eigenvalue weighted by Crippen LogP contribution is 2.31. The number of anilines is 2. The van der Waals surface area contributed by atoms with Gasteiger partial charge in [-0.05, 0) is 48.9 Å². The molecule has 1 aliphatic heterocycles. The van der Waals surface area contributed by atoms with Gasteiger partial charge in [0.1, 0.15) is 11.9 Å². The van der Waals surface area contributed by atoms with Crippen LogP contribution in [0, 0.1) is 11.6 Å². The second-order valence-electron chi connectivity index (χ2n) is 8.14. The molecule has 0 aliphatic carbocycles.